The molecule has 3 atom stereocenters. The molecule has 0 aromatic carbocycles. The number of nitrogens with zero attached hydrogens (tertiary/aromatic N) is 2. The van der Waals surface area contributed by atoms with Crippen molar-refractivity contribution in [2.45, 2.75) is 38.6 Å². The Bertz CT molecular complexity index is 371. The zero-order valence-electron chi connectivity index (χ0n) is 13.8. The Labute approximate surface area is 133 Å². The maximum atomic E-state index is 11.7. The van der Waals surface area contributed by atoms with Gasteiger partial charge in [0.1, 0.15) is 0 Å². The van der Waals surface area contributed by atoms with Crippen molar-refractivity contribution in [2.24, 2.45) is 11.8 Å². The molecule has 0 aromatic heterocycles. The van der Waals surface area contributed by atoms with Crippen molar-refractivity contribution in [3.05, 3.63) is 0 Å². The van der Waals surface area contributed by atoms with Crippen LogP contribution in [0.1, 0.15) is 32.6 Å². The van der Waals surface area contributed by atoms with E-state index in [1.54, 1.807) is 0 Å². The number of rotatable bonds is 6. The zero-order valence-corrected chi connectivity index (χ0v) is 13.8. The number of carbonyl (C=O) groups is 1. The summed E-state index contributed by atoms with van der Waals surface area (Å²) in [6.07, 6.45) is 4.36. The first-order valence-electron chi connectivity index (χ1n) is 8.96. The highest BCUT2D eigenvalue weighted by Gasteiger charge is 2.41. The quantitative estimate of drug-likeness (QED) is 0.693. The number of fused-ring (bicyclic) bond motifs is 2. The van der Waals surface area contributed by atoms with Crippen LogP contribution in [-0.4, -0.2) is 74.4 Å². The van der Waals surface area contributed by atoms with E-state index in [0.717, 1.165) is 38.9 Å². The van der Waals surface area contributed by atoms with E-state index < -0.39 is 0 Å². The minimum atomic E-state index is -0.00211. The lowest BCUT2D eigenvalue weighted by molar-refractivity contribution is -0.144. The Kier molecular flexibility index (Phi) is 5.71. The standard InChI is InChI=1S/C17H30N2O3/c1-2-22-17(20)12-14-3-4-16-11-15(14)13-19(16)6-5-18-7-9-21-10-8-18/h14-16H,2-13H2,1H3. The number of carbonyl (C=O) groups excluding carboxylic acids is 1. The molecular weight excluding hydrogens is 280 g/mol. The van der Waals surface area contributed by atoms with Gasteiger partial charge in [-0.2, -0.15) is 0 Å². The van der Waals surface area contributed by atoms with Crippen LogP contribution in [0.5, 0.6) is 0 Å². The summed E-state index contributed by atoms with van der Waals surface area (Å²) in [5.74, 6) is 1.24. The van der Waals surface area contributed by atoms with Gasteiger partial charge in [-0.3, -0.25) is 14.6 Å². The van der Waals surface area contributed by atoms with Crippen molar-refractivity contribution in [3.8, 4) is 0 Å². The highest BCUT2D eigenvalue weighted by Crippen LogP contribution is 2.40. The highest BCUT2D eigenvalue weighted by atomic mass is 16.5. The van der Waals surface area contributed by atoms with Gasteiger partial charge < -0.3 is 9.47 Å². The lowest BCUT2D eigenvalue weighted by Crippen LogP contribution is -2.42. The van der Waals surface area contributed by atoms with Crippen LogP contribution in [0, 0.1) is 11.8 Å². The maximum absolute atomic E-state index is 11.7. The molecule has 0 aromatic rings. The largest absolute Gasteiger partial charge is 0.466 e. The Balaban J connectivity index is 1.44. The fraction of sp³-hybridized carbons (Fsp3) is 0.941. The number of ether oxygens (including phenoxy) is 2. The fourth-order valence-corrected chi connectivity index (χ4v) is 4.38. The first kappa shape index (κ1) is 16.2. The summed E-state index contributed by atoms with van der Waals surface area (Å²) in [6.45, 7) is 9.83. The molecule has 2 aliphatic heterocycles. The number of esters is 1. The molecule has 3 aliphatic rings. The lowest BCUT2D eigenvalue weighted by atomic mass is 9.78. The Morgan fingerprint density at radius 3 is 2.82 bits per heavy atom. The first-order chi connectivity index (χ1) is 10.8. The minimum Gasteiger partial charge on any atom is -0.466 e. The second kappa shape index (κ2) is 7.75. The van der Waals surface area contributed by atoms with E-state index in [2.05, 4.69) is 9.80 Å². The summed E-state index contributed by atoms with van der Waals surface area (Å²) < 4.78 is 10.5. The molecule has 0 spiro atoms. The summed E-state index contributed by atoms with van der Waals surface area (Å²) >= 11 is 0. The van der Waals surface area contributed by atoms with Gasteiger partial charge in [-0.05, 0) is 38.0 Å². The van der Waals surface area contributed by atoms with Crippen LogP contribution < -0.4 is 0 Å². The topological polar surface area (TPSA) is 42.0 Å². The number of hydrogen-bond donors (Lipinski definition) is 0. The average molecular weight is 310 g/mol. The van der Waals surface area contributed by atoms with Crippen LogP contribution in [0.4, 0.5) is 0 Å². The van der Waals surface area contributed by atoms with Crippen LogP contribution >= 0.6 is 0 Å². The lowest BCUT2D eigenvalue weighted by Gasteiger charge is -2.31. The Morgan fingerprint density at radius 1 is 1.23 bits per heavy atom. The summed E-state index contributed by atoms with van der Waals surface area (Å²) in [7, 11) is 0. The van der Waals surface area contributed by atoms with E-state index in [9.17, 15) is 4.79 Å². The van der Waals surface area contributed by atoms with Gasteiger partial charge in [0.25, 0.3) is 0 Å². The van der Waals surface area contributed by atoms with E-state index in [1.165, 1.54) is 32.4 Å². The van der Waals surface area contributed by atoms with Gasteiger partial charge in [0, 0.05) is 45.2 Å². The molecule has 22 heavy (non-hydrogen) atoms. The molecule has 3 fully saturated rings. The summed E-state index contributed by atoms with van der Waals surface area (Å²) in [5.41, 5.74) is 0. The van der Waals surface area contributed by atoms with Crippen LogP contribution in [0.2, 0.25) is 0 Å². The third-order valence-corrected chi connectivity index (χ3v) is 5.64. The van der Waals surface area contributed by atoms with Gasteiger partial charge in [-0.15, -0.1) is 0 Å². The fourth-order valence-electron chi connectivity index (χ4n) is 4.38. The zero-order chi connectivity index (χ0) is 15.4. The molecule has 2 heterocycles. The molecule has 5 nitrogen and oxygen atoms in total. The molecule has 0 radical (unpaired) electrons. The van der Waals surface area contributed by atoms with Crippen LogP contribution in [0.25, 0.3) is 0 Å². The number of morpholine rings is 1. The molecule has 1 saturated carbocycles. The predicted molar refractivity (Wildman–Crippen MR) is 84.7 cm³/mol. The van der Waals surface area contributed by atoms with Crippen LogP contribution in [0.3, 0.4) is 0 Å². The summed E-state index contributed by atoms with van der Waals surface area (Å²) in [4.78, 5) is 16.9. The number of likely N-dealkylation sites (tertiary alicyclic amines) is 1. The summed E-state index contributed by atoms with van der Waals surface area (Å²) in [6, 6.07) is 0.754. The Hall–Kier alpha value is -0.650. The number of hydrogen-bond acceptors (Lipinski definition) is 5. The van der Waals surface area contributed by atoms with Crippen molar-refractivity contribution in [3.63, 3.8) is 0 Å². The third-order valence-electron chi connectivity index (χ3n) is 5.64. The average Bonchev–Trinajstić information content (AvgIpc) is 2.87. The molecule has 3 unspecified atom stereocenters. The van der Waals surface area contributed by atoms with E-state index in [-0.39, 0.29) is 5.97 Å². The molecule has 0 amide bonds. The van der Waals surface area contributed by atoms with Crippen molar-refractivity contribution in [1.29, 1.82) is 0 Å². The normalized spacial score (nSPS) is 33.0. The van der Waals surface area contributed by atoms with E-state index in [0.29, 0.717) is 24.9 Å². The first-order valence-corrected chi connectivity index (χ1v) is 8.96. The van der Waals surface area contributed by atoms with Gasteiger partial charge in [0.2, 0.25) is 0 Å². The molecule has 0 N–H and O–H groups in total. The molecule has 3 rings (SSSR count). The molecular formula is C17H30N2O3. The van der Waals surface area contributed by atoms with Gasteiger partial charge in [-0.1, -0.05) is 0 Å². The van der Waals surface area contributed by atoms with Crippen molar-refractivity contribution >= 4 is 5.97 Å². The smallest absolute Gasteiger partial charge is 0.306 e. The Morgan fingerprint density at radius 2 is 2.05 bits per heavy atom. The van der Waals surface area contributed by atoms with Crippen LogP contribution in [-0.2, 0) is 14.3 Å². The molecule has 5 heteroatoms. The molecule has 1 aliphatic carbocycles. The second-order valence-corrected chi connectivity index (χ2v) is 6.95. The van der Waals surface area contributed by atoms with Gasteiger partial charge >= 0.3 is 5.97 Å². The molecule has 2 saturated heterocycles. The third kappa shape index (κ3) is 4.00. The maximum Gasteiger partial charge on any atom is 0.306 e. The van der Waals surface area contributed by atoms with E-state index >= 15 is 0 Å². The van der Waals surface area contributed by atoms with Crippen LogP contribution in [0.15, 0.2) is 0 Å². The minimum absolute atomic E-state index is 0.00211. The second-order valence-electron chi connectivity index (χ2n) is 6.95. The van der Waals surface area contributed by atoms with Crippen molar-refractivity contribution in [1.82, 2.24) is 9.80 Å². The SMILES string of the molecule is CCOC(=O)CC1CCC2CC1CN2CCN1CCOCC1. The van der Waals surface area contributed by atoms with E-state index in [1.807, 2.05) is 6.92 Å². The summed E-state index contributed by atoms with van der Waals surface area (Å²) in [5, 5.41) is 0. The monoisotopic (exact) mass is 310 g/mol. The van der Waals surface area contributed by atoms with Gasteiger partial charge in [0.05, 0.1) is 19.8 Å². The predicted octanol–water partition coefficient (Wildman–Crippen LogP) is 1.37. The van der Waals surface area contributed by atoms with Crippen molar-refractivity contribution < 1.29 is 14.3 Å². The molecule has 126 valence electrons. The van der Waals surface area contributed by atoms with Gasteiger partial charge in [-0.25, -0.2) is 0 Å². The molecule has 2 bridgehead atoms. The van der Waals surface area contributed by atoms with Crippen molar-refractivity contribution in [2.75, 3.05) is 52.5 Å². The van der Waals surface area contributed by atoms with Gasteiger partial charge in [0.15, 0.2) is 0 Å². The highest BCUT2D eigenvalue weighted by molar-refractivity contribution is 5.69. The van der Waals surface area contributed by atoms with E-state index in [4.69, 9.17) is 9.47 Å².